The van der Waals surface area contributed by atoms with Gasteiger partial charge in [0.1, 0.15) is 24.2 Å². The number of hydrogen-bond donors (Lipinski definition) is 4. The zero-order valence-corrected chi connectivity index (χ0v) is 32.5. The zero-order valence-electron chi connectivity index (χ0n) is 32.5. The number of carbonyl (C=O) groups excluding carboxylic acids is 7. The van der Waals surface area contributed by atoms with Gasteiger partial charge in [0.05, 0.1) is 12.6 Å². The number of nitrogens with zero attached hydrogens (tertiary/aromatic N) is 2. The zero-order chi connectivity index (χ0) is 39.3. The number of benzene rings is 1. The first-order chi connectivity index (χ1) is 24.1. The number of rotatable bonds is 15. The molecule has 6 amide bonds. The van der Waals surface area contributed by atoms with Gasteiger partial charge < -0.3 is 35.8 Å². The number of hydrogen-bond acceptors (Lipinski definition) is 8. The van der Waals surface area contributed by atoms with Crippen molar-refractivity contribution in [3.8, 4) is 0 Å². The highest BCUT2D eigenvalue weighted by Crippen LogP contribution is 2.65. The summed E-state index contributed by atoms with van der Waals surface area (Å²) in [7, 11) is 3.12. The van der Waals surface area contributed by atoms with Crippen LogP contribution in [0, 0.1) is 28.6 Å². The molecule has 1 unspecified atom stereocenters. The van der Waals surface area contributed by atoms with Crippen LogP contribution < -0.4 is 21.3 Å². The second-order valence-corrected chi connectivity index (χ2v) is 16.2. The number of likely N-dealkylation sites (N-methyl/N-ethyl adjacent to an activating group) is 1. The Labute approximate surface area is 307 Å². The third-order valence-electron chi connectivity index (χ3n) is 10.3. The van der Waals surface area contributed by atoms with Gasteiger partial charge in [0, 0.05) is 20.6 Å². The lowest BCUT2D eigenvalue weighted by Gasteiger charge is -2.38. The number of Topliss-reactive ketones (excluding diaryl/α,β-unsaturated/α-hetero) is 1. The van der Waals surface area contributed by atoms with Gasteiger partial charge >= 0.3 is 6.09 Å². The molecule has 1 aliphatic heterocycles. The standard InChI is InChI=1S/C38H58N6O8/c1-12-16-25(30(46)33(48)39-19-26(45)41-28(34(49)43(10)11)23-17-14-13-15-18-23)40-32(47)29-27-24(38(27,8)9)20-44(29)35(50)31(37(5,6)7)42-36(51)52-22(4)21(2)3/h13-15,17-18,21-22,24-25,27-29,31H,12,16,19-20H2,1-11H3,(H,39,48)(H,40,47)(H,41,45)(H,42,51)/t22-,24+,25?,27+,28+,29+,31-/m1/s1. The van der Waals surface area contributed by atoms with Crippen LogP contribution in [0.4, 0.5) is 4.79 Å². The van der Waals surface area contributed by atoms with Gasteiger partial charge in [0.25, 0.3) is 5.91 Å². The van der Waals surface area contributed by atoms with Gasteiger partial charge in [-0.1, -0.05) is 92.1 Å². The van der Waals surface area contributed by atoms with Crippen molar-refractivity contribution in [1.82, 2.24) is 31.1 Å². The normalized spacial score (nSPS) is 21.1. The smallest absolute Gasteiger partial charge is 0.408 e. The maximum absolute atomic E-state index is 14.2. The van der Waals surface area contributed by atoms with Crippen LogP contribution in [0.5, 0.6) is 0 Å². The van der Waals surface area contributed by atoms with Gasteiger partial charge in [-0.05, 0) is 47.5 Å². The highest BCUT2D eigenvalue weighted by Gasteiger charge is 2.70. The minimum atomic E-state index is -1.21. The molecular formula is C38H58N6O8. The molecule has 0 radical (unpaired) electrons. The molecule has 14 nitrogen and oxygen atoms in total. The Hall–Kier alpha value is -4.49. The van der Waals surface area contributed by atoms with Gasteiger partial charge in [-0.15, -0.1) is 0 Å². The van der Waals surface area contributed by atoms with E-state index < -0.39 is 71.6 Å². The predicted molar refractivity (Wildman–Crippen MR) is 194 cm³/mol. The van der Waals surface area contributed by atoms with Crippen molar-refractivity contribution in [2.75, 3.05) is 27.2 Å². The lowest BCUT2D eigenvalue weighted by molar-refractivity contribution is -0.145. The molecular weight excluding hydrogens is 668 g/mol. The summed E-state index contributed by atoms with van der Waals surface area (Å²) in [5, 5.41) is 10.4. The minimum absolute atomic E-state index is 0.0296. The number of ether oxygens (including phenoxy) is 1. The van der Waals surface area contributed by atoms with E-state index in [4.69, 9.17) is 4.74 Å². The van der Waals surface area contributed by atoms with Gasteiger partial charge in [-0.2, -0.15) is 0 Å². The molecule has 7 atom stereocenters. The quantitative estimate of drug-likeness (QED) is 0.199. The Morgan fingerprint density at radius 3 is 2.12 bits per heavy atom. The van der Waals surface area contributed by atoms with Crippen LogP contribution in [0.3, 0.4) is 0 Å². The summed E-state index contributed by atoms with van der Waals surface area (Å²) in [4.78, 5) is 96.0. The molecule has 4 N–H and O–H groups in total. The molecule has 1 saturated carbocycles. The summed E-state index contributed by atoms with van der Waals surface area (Å²) in [6, 6.07) is 4.47. The fraction of sp³-hybridized carbons (Fsp3) is 0.658. The lowest BCUT2D eigenvalue weighted by atomic mass is 9.85. The number of carbonyl (C=O) groups is 7. The predicted octanol–water partition coefficient (Wildman–Crippen LogP) is 2.57. The van der Waals surface area contributed by atoms with E-state index in [9.17, 15) is 33.6 Å². The van der Waals surface area contributed by atoms with Crippen LogP contribution in [0.25, 0.3) is 0 Å². The molecule has 2 fully saturated rings. The third kappa shape index (κ3) is 9.88. The third-order valence-corrected chi connectivity index (χ3v) is 10.3. The van der Waals surface area contributed by atoms with E-state index in [0.717, 1.165) is 0 Å². The SMILES string of the molecule is CCCC(NC(=O)[C@@H]1[C@@H]2[C@H](CN1C(=O)[C@@H](NC(=O)O[C@H](C)C(C)C)C(C)(C)C)C2(C)C)C(=O)C(=O)NCC(=O)N[C@H](C(=O)N(C)C)c1ccccc1. The maximum atomic E-state index is 14.2. The molecule has 14 heteroatoms. The summed E-state index contributed by atoms with van der Waals surface area (Å²) in [5.74, 6) is -4.17. The van der Waals surface area contributed by atoms with E-state index in [-0.39, 0.29) is 41.6 Å². The van der Waals surface area contributed by atoms with Gasteiger partial charge in [-0.25, -0.2) is 4.79 Å². The average molecular weight is 727 g/mol. The van der Waals surface area contributed by atoms with Crippen molar-refractivity contribution in [1.29, 1.82) is 0 Å². The van der Waals surface area contributed by atoms with Gasteiger partial charge in [0.15, 0.2) is 0 Å². The van der Waals surface area contributed by atoms with Crippen LogP contribution in [-0.4, -0.2) is 103 Å². The van der Waals surface area contributed by atoms with Crippen molar-refractivity contribution in [2.45, 2.75) is 105 Å². The number of likely N-dealkylation sites (tertiary alicyclic amines) is 1. The molecule has 2 aliphatic rings. The first-order valence-corrected chi connectivity index (χ1v) is 18.1. The highest BCUT2D eigenvalue weighted by molar-refractivity contribution is 6.38. The Morgan fingerprint density at radius 1 is 0.962 bits per heavy atom. The molecule has 3 rings (SSSR count). The number of amides is 6. The van der Waals surface area contributed by atoms with Crippen LogP contribution in [-0.2, 0) is 33.5 Å². The second kappa shape index (κ2) is 16.9. The molecule has 1 aromatic carbocycles. The molecule has 288 valence electrons. The monoisotopic (exact) mass is 726 g/mol. The Bertz CT molecular complexity index is 1500. The Kier molecular flexibility index (Phi) is 13.6. The average Bonchev–Trinajstić information content (AvgIpc) is 3.37. The van der Waals surface area contributed by atoms with E-state index in [1.165, 1.54) is 9.80 Å². The fourth-order valence-electron chi connectivity index (χ4n) is 6.71. The second-order valence-electron chi connectivity index (χ2n) is 16.2. The number of fused-ring (bicyclic) bond motifs is 1. The van der Waals surface area contributed by atoms with Gasteiger partial charge in [0.2, 0.25) is 29.4 Å². The summed E-state index contributed by atoms with van der Waals surface area (Å²) in [6.07, 6.45) is -0.518. The Balaban J connectivity index is 1.73. The summed E-state index contributed by atoms with van der Waals surface area (Å²) < 4.78 is 5.49. The fourth-order valence-corrected chi connectivity index (χ4v) is 6.71. The van der Waals surface area contributed by atoms with Crippen molar-refractivity contribution in [2.24, 2.45) is 28.6 Å². The van der Waals surface area contributed by atoms with Crippen molar-refractivity contribution in [3.05, 3.63) is 35.9 Å². The molecule has 0 bridgehead atoms. The summed E-state index contributed by atoms with van der Waals surface area (Å²) >= 11 is 0. The number of ketones is 1. The lowest BCUT2D eigenvalue weighted by Crippen LogP contribution is -2.60. The molecule has 0 spiro atoms. The Morgan fingerprint density at radius 2 is 1.58 bits per heavy atom. The molecule has 52 heavy (non-hydrogen) atoms. The summed E-state index contributed by atoms with van der Waals surface area (Å²) in [6.45, 7) is 16.6. The van der Waals surface area contributed by atoms with E-state index in [1.54, 1.807) is 58.3 Å². The van der Waals surface area contributed by atoms with Gasteiger partial charge in [-0.3, -0.25) is 28.8 Å². The van der Waals surface area contributed by atoms with Crippen LogP contribution in [0.1, 0.15) is 86.8 Å². The molecule has 1 heterocycles. The van der Waals surface area contributed by atoms with E-state index in [0.29, 0.717) is 18.5 Å². The van der Waals surface area contributed by atoms with Crippen LogP contribution in [0.2, 0.25) is 0 Å². The van der Waals surface area contributed by atoms with Crippen molar-refractivity contribution < 1.29 is 38.3 Å². The number of alkyl carbamates (subject to hydrolysis) is 1. The molecule has 1 aromatic rings. The molecule has 0 aromatic heterocycles. The van der Waals surface area contributed by atoms with Crippen LogP contribution in [0.15, 0.2) is 30.3 Å². The topological polar surface area (TPSA) is 183 Å². The molecule has 1 saturated heterocycles. The van der Waals surface area contributed by atoms with E-state index in [2.05, 4.69) is 21.3 Å². The van der Waals surface area contributed by atoms with Crippen LogP contribution >= 0.6 is 0 Å². The number of nitrogens with one attached hydrogen (secondary N) is 4. The van der Waals surface area contributed by atoms with E-state index in [1.807, 2.05) is 48.5 Å². The largest absolute Gasteiger partial charge is 0.446 e. The van der Waals surface area contributed by atoms with Crippen molar-refractivity contribution in [3.63, 3.8) is 0 Å². The number of piperidine rings is 1. The first kappa shape index (κ1) is 41.9. The maximum Gasteiger partial charge on any atom is 0.408 e. The first-order valence-electron chi connectivity index (χ1n) is 18.1. The summed E-state index contributed by atoms with van der Waals surface area (Å²) in [5.41, 5.74) is -0.421. The van der Waals surface area contributed by atoms with E-state index >= 15 is 0 Å². The molecule has 1 aliphatic carbocycles. The minimum Gasteiger partial charge on any atom is -0.446 e. The van der Waals surface area contributed by atoms with Crippen molar-refractivity contribution >= 4 is 41.4 Å². The highest BCUT2D eigenvalue weighted by atomic mass is 16.6.